The van der Waals surface area contributed by atoms with Crippen molar-refractivity contribution in [2.24, 2.45) is 5.92 Å². The van der Waals surface area contributed by atoms with Crippen LogP contribution < -0.4 is 0 Å². The number of rotatable bonds is 4. The van der Waals surface area contributed by atoms with E-state index in [0.717, 1.165) is 5.56 Å². The molecular weight excluding hydrogens is 277 g/mol. The number of aromatic nitrogens is 2. The lowest BCUT2D eigenvalue weighted by atomic mass is 10.1. The Hall–Kier alpha value is -1.86. The lowest BCUT2D eigenvalue weighted by Gasteiger charge is -2.03. The Morgan fingerprint density at radius 1 is 1.45 bits per heavy atom. The second-order valence-electron chi connectivity index (χ2n) is 5.11. The number of halogens is 2. The fraction of sp³-hybridized carbons (Fsp3) is 0.333. The smallest absolute Gasteiger partial charge is 0.145 e. The minimum atomic E-state index is -0.298. The third-order valence-corrected chi connectivity index (χ3v) is 3.28. The zero-order chi connectivity index (χ0) is 14.7. The van der Waals surface area contributed by atoms with Crippen LogP contribution in [-0.2, 0) is 13.0 Å². The summed E-state index contributed by atoms with van der Waals surface area (Å²) in [7, 11) is 0. The molecule has 0 radical (unpaired) electrons. The van der Waals surface area contributed by atoms with Crippen LogP contribution >= 0.6 is 11.6 Å². The Bertz CT molecular complexity index is 656. The third kappa shape index (κ3) is 3.17. The molecule has 0 aliphatic carbocycles. The summed E-state index contributed by atoms with van der Waals surface area (Å²) < 4.78 is 14.7. The molecule has 0 N–H and O–H groups in total. The van der Waals surface area contributed by atoms with Crippen molar-refractivity contribution in [2.45, 2.75) is 26.8 Å². The van der Waals surface area contributed by atoms with E-state index in [9.17, 15) is 9.65 Å². The summed E-state index contributed by atoms with van der Waals surface area (Å²) in [6.45, 7) is 4.46. The minimum Gasteiger partial charge on any atom is -0.248 e. The van der Waals surface area contributed by atoms with Crippen molar-refractivity contribution in [3.63, 3.8) is 0 Å². The molecule has 0 aliphatic heterocycles. The van der Waals surface area contributed by atoms with E-state index in [1.165, 1.54) is 12.1 Å². The molecule has 1 heterocycles. The van der Waals surface area contributed by atoms with Gasteiger partial charge < -0.3 is 0 Å². The van der Waals surface area contributed by atoms with Gasteiger partial charge in [0.25, 0.3) is 0 Å². The van der Waals surface area contributed by atoms with Crippen LogP contribution in [0.15, 0.2) is 24.3 Å². The molecule has 0 fully saturated rings. The molecule has 1 aromatic heterocycles. The zero-order valence-electron chi connectivity index (χ0n) is 11.4. The molecular formula is C15H15ClFN3. The molecule has 0 bridgehead atoms. The summed E-state index contributed by atoms with van der Waals surface area (Å²) in [5.74, 6) is 0.0874. The number of nitrogens with zero attached hydrogens (tertiary/aromatic N) is 3. The van der Waals surface area contributed by atoms with Gasteiger partial charge in [-0.3, -0.25) is 0 Å². The lowest BCUT2D eigenvalue weighted by Crippen LogP contribution is -2.03. The molecule has 3 nitrogen and oxygen atoms in total. The van der Waals surface area contributed by atoms with Gasteiger partial charge in [0.2, 0.25) is 0 Å². The predicted octanol–water partition coefficient (Wildman–Crippen LogP) is 3.79. The van der Waals surface area contributed by atoms with E-state index in [1.54, 1.807) is 16.8 Å². The van der Waals surface area contributed by atoms with E-state index in [-0.39, 0.29) is 5.82 Å². The first-order valence-corrected chi connectivity index (χ1v) is 6.78. The molecule has 0 saturated heterocycles. The summed E-state index contributed by atoms with van der Waals surface area (Å²) in [5, 5.41) is 13.9. The van der Waals surface area contributed by atoms with Crippen molar-refractivity contribution in [1.82, 2.24) is 9.78 Å². The first-order valence-electron chi connectivity index (χ1n) is 6.41. The monoisotopic (exact) mass is 291 g/mol. The molecule has 0 aliphatic rings. The molecule has 0 atom stereocenters. The maximum Gasteiger partial charge on any atom is 0.145 e. The number of hydrogen-bond acceptors (Lipinski definition) is 2. The molecule has 0 amide bonds. The Morgan fingerprint density at radius 3 is 2.80 bits per heavy atom. The van der Waals surface area contributed by atoms with Crippen LogP contribution in [0, 0.1) is 23.1 Å². The minimum absolute atomic E-state index is 0.298. The highest BCUT2D eigenvalue weighted by Gasteiger charge is 2.17. The van der Waals surface area contributed by atoms with Gasteiger partial charge in [-0.05, 0) is 30.0 Å². The van der Waals surface area contributed by atoms with Crippen molar-refractivity contribution < 1.29 is 4.39 Å². The molecule has 2 rings (SSSR count). The number of nitriles is 1. The summed E-state index contributed by atoms with van der Waals surface area (Å²) in [6.07, 6.45) is 0.693. The number of hydrogen-bond donors (Lipinski definition) is 0. The molecule has 20 heavy (non-hydrogen) atoms. The Kier molecular flexibility index (Phi) is 4.41. The first kappa shape index (κ1) is 14.5. The van der Waals surface area contributed by atoms with E-state index >= 15 is 0 Å². The van der Waals surface area contributed by atoms with Gasteiger partial charge in [0.1, 0.15) is 22.6 Å². The average molecular weight is 292 g/mol. The molecule has 2 aromatic rings. The van der Waals surface area contributed by atoms with Crippen LogP contribution in [0.25, 0.3) is 0 Å². The fourth-order valence-electron chi connectivity index (χ4n) is 2.04. The van der Waals surface area contributed by atoms with Crippen LogP contribution in [0.4, 0.5) is 4.39 Å². The van der Waals surface area contributed by atoms with Gasteiger partial charge in [0.15, 0.2) is 0 Å². The predicted molar refractivity (Wildman–Crippen MR) is 76.0 cm³/mol. The summed E-state index contributed by atoms with van der Waals surface area (Å²) >= 11 is 6.19. The average Bonchev–Trinajstić information content (AvgIpc) is 2.64. The van der Waals surface area contributed by atoms with Crippen molar-refractivity contribution in [2.75, 3.05) is 0 Å². The van der Waals surface area contributed by atoms with Gasteiger partial charge in [-0.1, -0.05) is 37.6 Å². The normalized spacial score (nSPS) is 10.8. The second kappa shape index (κ2) is 6.06. The molecule has 5 heteroatoms. The van der Waals surface area contributed by atoms with E-state index in [4.69, 9.17) is 11.6 Å². The highest BCUT2D eigenvalue weighted by atomic mass is 35.5. The molecule has 1 aromatic carbocycles. The molecule has 104 valence electrons. The third-order valence-electron chi connectivity index (χ3n) is 2.90. The summed E-state index contributed by atoms with van der Waals surface area (Å²) in [5.41, 5.74) is 1.87. The Balaban J connectivity index is 2.33. The second-order valence-corrected chi connectivity index (χ2v) is 5.47. The van der Waals surface area contributed by atoms with Crippen LogP contribution in [0.5, 0.6) is 0 Å². The molecule has 0 spiro atoms. The highest BCUT2D eigenvalue weighted by molar-refractivity contribution is 6.30. The first-order chi connectivity index (χ1) is 9.51. The van der Waals surface area contributed by atoms with Crippen LogP contribution in [0.2, 0.25) is 5.15 Å². The van der Waals surface area contributed by atoms with Crippen molar-refractivity contribution in [3.8, 4) is 6.07 Å². The quantitative estimate of drug-likeness (QED) is 0.860. The lowest BCUT2D eigenvalue weighted by molar-refractivity contribution is 0.602. The van der Waals surface area contributed by atoms with Gasteiger partial charge in [0.05, 0.1) is 12.2 Å². The SMILES string of the molecule is CC(C)Cc1nn(Cc2cccc(F)c2)c(Cl)c1C#N. The van der Waals surface area contributed by atoms with E-state index < -0.39 is 0 Å². The zero-order valence-corrected chi connectivity index (χ0v) is 12.2. The van der Waals surface area contributed by atoms with Gasteiger partial charge in [-0.25, -0.2) is 9.07 Å². The number of benzene rings is 1. The maximum atomic E-state index is 13.2. The van der Waals surface area contributed by atoms with Crippen LogP contribution in [0.1, 0.15) is 30.7 Å². The van der Waals surface area contributed by atoms with E-state index in [1.807, 2.05) is 0 Å². The van der Waals surface area contributed by atoms with Crippen molar-refractivity contribution in [3.05, 3.63) is 52.1 Å². The van der Waals surface area contributed by atoms with Gasteiger partial charge in [0, 0.05) is 0 Å². The van der Waals surface area contributed by atoms with Gasteiger partial charge in [-0.2, -0.15) is 10.4 Å². The maximum absolute atomic E-state index is 13.2. The van der Waals surface area contributed by atoms with Crippen LogP contribution in [0.3, 0.4) is 0 Å². The standard InChI is InChI=1S/C15H15ClFN3/c1-10(2)6-14-13(8-18)15(16)20(19-14)9-11-4-3-5-12(17)7-11/h3-5,7,10H,6,9H2,1-2H3. The molecule has 0 saturated carbocycles. The highest BCUT2D eigenvalue weighted by Crippen LogP contribution is 2.22. The van der Waals surface area contributed by atoms with Crippen molar-refractivity contribution in [1.29, 1.82) is 5.26 Å². The topological polar surface area (TPSA) is 41.6 Å². The fourth-order valence-corrected chi connectivity index (χ4v) is 2.29. The van der Waals surface area contributed by atoms with Gasteiger partial charge >= 0.3 is 0 Å². The van der Waals surface area contributed by atoms with E-state index in [2.05, 4.69) is 25.0 Å². The summed E-state index contributed by atoms with van der Waals surface area (Å²) in [6, 6.07) is 8.36. The Morgan fingerprint density at radius 2 is 2.20 bits per heavy atom. The molecule has 0 unspecified atom stereocenters. The van der Waals surface area contributed by atoms with Gasteiger partial charge in [-0.15, -0.1) is 0 Å². The largest absolute Gasteiger partial charge is 0.248 e. The van der Waals surface area contributed by atoms with Crippen molar-refractivity contribution >= 4 is 11.6 Å². The van der Waals surface area contributed by atoms with E-state index in [0.29, 0.717) is 35.3 Å². The summed E-state index contributed by atoms with van der Waals surface area (Å²) in [4.78, 5) is 0. The van der Waals surface area contributed by atoms with Crippen LogP contribution in [-0.4, -0.2) is 9.78 Å². The Labute approximate surface area is 122 Å².